The van der Waals surface area contributed by atoms with E-state index in [2.05, 4.69) is 19.6 Å². The smallest absolute Gasteiger partial charge is 0.309 e. The number of hydrogen-bond acceptors (Lipinski definition) is 3. The van der Waals surface area contributed by atoms with Gasteiger partial charge >= 0.3 is 5.97 Å². The molecule has 1 saturated carbocycles. The van der Waals surface area contributed by atoms with Gasteiger partial charge in [-0.25, -0.2) is 0 Å². The summed E-state index contributed by atoms with van der Waals surface area (Å²) in [5.41, 5.74) is 0. The van der Waals surface area contributed by atoms with Crippen molar-refractivity contribution in [3.63, 3.8) is 0 Å². The molecule has 0 aromatic rings. The van der Waals surface area contributed by atoms with Crippen molar-refractivity contribution in [3.05, 3.63) is 0 Å². The van der Waals surface area contributed by atoms with Crippen LogP contribution in [-0.2, 0) is 14.3 Å². The van der Waals surface area contributed by atoms with Crippen LogP contribution >= 0.6 is 0 Å². The first kappa shape index (κ1) is 13.4. The van der Waals surface area contributed by atoms with Crippen LogP contribution in [0.15, 0.2) is 0 Å². The number of ether oxygens (including phenoxy) is 1. The van der Waals surface area contributed by atoms with Crippen LogP contribution in [-0.4, -0.2) is 26.4 Å². The summed E-state index contributed by atoms with van der Waals surface area (Å²) in [4.78, 5) is 22.9. The van der Waals surface area contributed by atoms with E-state index in [9.17, 15) is 9.59 Å². The van der Waals surface area contributed by atoms with Crippen molar-refractivity contribution in [2.45, 2.75) is 51.4 Å². The SMILES string of the molecule is C[Si](C)(C)CCOC(=O)[C@@H]1CCCC(=O)C1. The quantitative estimate of drug-likeness (QED) is 0.562. The third-order valence-electron chi connectivity index (χ3n) is 2.91. The Morgan fingerprint density at radius 1 is 1.44 bits per heavy atom. The highest BCUT2D eigenvalue weighted by molar-refractivity contribution is 6.76. The molecule has 0 aromatic carbocycles. The average Bonchev–Trinajstić information content (AvgIpc) is 2.15. The van der Waals surface area contributed by atoms with Crippen LogP contribution in [0.4, 0.5) is 0 Å². The molecule has 0 heterocycles. The summed E-state index contributed by atoms with van der Waals surface area (Å²) in [6.07, 6.45) is 2.69. The monoisotopic (exact) mass is 242 g/mol. The molecular formula is C12H22O3Si. The predicted molar refractivity (Wildman–Crippen MR) is 66.1 cm³/mol. The van der Waals surface area contributed by atoms with Crippen LogP contribution in [0.2, 0.25) is 25.7 Å². The van der Waals surface area contributed by atoms with Gasteiger partial charge in [-0.2, -0.15) is 0 Å². The van der Waals surface area contributed by atoms with Crippen molar-refractivity contribution in [2.24, 2.45) is 5.92 Å². The highest BCUT2D eigenvalue weighted by Gasteiger charge is 2.27. The van der Waals surface area contributed by atoms with Crippen molar-refractivity contribution in [1.82, 2.24) is 0 Å². The lowest BCUT2D eigenvalue weighted by Crippen LogP contribution is -2.27. The Bertz CT molecular complexity index is 268. The highest BCUT2D eigenvalue weighted by Crippen LogP contribution is 2.22. The van der Waals surface area contributed by atoms with Crippen LogP contribution < -0.4 is 0 Å². The van der Waals surface area contributed by atoms with Crippen LogP contribution in [0.3, 0.4) is 0 Å². The first-order valence-electron chi connectivity index (χ1n) is 6.07. The maximum atomic E-state index is 11.7. The van der Waals surface area contributed by atoms with Gasteiger partial charge in [0.25, 0.3) is 0 Å². The Hall–Kier alpha value is -0.643. The molecule has 0 amide bonds. The summed E-state index contributed by atoms with van der Waals surface area (Å²) in [5, 5.41) is 0. The van der Waals surface area contributed by atoms with Crippen LogP contribution in [0.1, 0.15) is 25.7 Å². The van der Waals surface area contributed by atoms with Crippen LogP contribution in [0.5, 0.6) is 0 Å². The lowest BCUT2D eigenvalue weighted by molar-refractivity contribution is -0.150. The first-order chi connectivity index (χ1) is 7.38. The molecule has 1 aliphatic rings. The number of ketones is 1. The molecule has 0 N–H and O–H groups in total. The van der Waals surface area contributed by atoms with Gasteiger partial charge in [0, 0.05) is 20.9 Å². The number of carbonyl (C=O) groups is 2. The standard InChI is InChI=1S/C12H22O3Si/c1-16(2,3)8-7-15-12(14)10-5-4-6-11(13)9-10/h10H,4-9H2,1-3H3/t10-/m1/s1. The third kappa shape index (κ3) is 4.92. The van der Waals surface area contributed by atoms with Crippen molar-refractivity contribution < 1.29 is 14.3 Å². The highest BCUT2D eigenvalue weighted by atomic mass is 28.3. The number of carbonyl (C=O) groups excluding carboxylic acids is 2. The lowest BCUT2D eigenvalue weighted by atomic mass is 9.88. The second-order valence-corrected chi connectivity index (χ2v) is 11.4. The van der Waals surface area contributed by atoms with Crippen molar-refractivity contribution >= 4 is 19.8 Å². The van der Waals surface area contributed by atoms with E-state index >= 15 is 0 Å². The maximum absolute atomic E-state index is 11.7. The van der Waals surface area contributed by atoms with Crippen LogP contribution in [0, 0.1) is 5.92 Å². The third-order valence-corrected chi connectivity index (χ3v) is 4.62. The molecule has 92 valence electrons. The summed E-state index contributed by atoms with van der Waals surface area (Å²) in [5.74, 6) is -0.118. The van der Waals surface area contributed by atoms with Gasteiger partial charge < -0.3 is 4.74 Å². The van der Waals surface area contributed by atoms with E-state index in [-0.39, 0.29) is 17.7 Å². The van der Waals surface area contributed by atoms with Crippen LogP contribution in [0.25, 0.3) is 0 Å². The molecule has 1 atom stereocenters. The fourth-order valence-corrected chi connectivity index (χ4v) is 2.52. The Morgan fingerprint density at radius 2 is 2.12 bits per heavy atom. The van der Waals surface area contributed by atoms with Gasteiger partial charge in [0.15, 0.2) is 0 Å². The maximum Gasteiger partial charge on any atom is 0.309 e. The zero-order chi connectivity index (χ0) is 12.2. The predicted octanol–water partition coefficient (Wildman–Crippen LogP) is 2.63. The van der Waals surface area contributed by atoms with Crippen molar-refractivity contribution in [2.75, 3.05) is 6.61 Å². The molecule has 1 aliphatic carbocycles. The van der Waals surface area contributed by atoms with Gasteiger partial charge in [-0.3, -0.25) is 9.59 Å². The summed E-state index contributed by atoms with van der Waals surface area (Å²) >= 11 is 0. The fraction of sp³-hybridized carbons (Fsp3) is 0.833. The summed E-state index contributed by atoms with van der Waals surface area (Å²) in [7, 11) is -1.13. The van der Waals surface area contributed by atoms with E-state index in [0.717, 1.165) is 18.9 Å². The minimum atomic E-state index is -1.13. The topological polar surface area (TPSA) is 43.4 Å². The Morgan fingerprint density at radius 3 is 2.69 bits per heavy atom. The van der Waals surface area contributed by atoms with Crippen molar-refractivity contribution in [1.29, 1.82) is 0 Å². The molecule has 0 saturated heterocycles. The molecule has 16 heavy (non-hydrogen) atoms. The van der Waals surface area contributed by atoms with Gasteiger partial charge in [0.05, 0.1) is 12.5 Å². The van der Waals surface area contributed by atoms with E-state index in [4.69, 9.17) is 4.74 Å². The van der Waals surface area contributed by atoms with E-state index in [1.807, 2.05) is 0 Å². The Labute approximate surface area is 98.6 Å². The molecule has 0 radical (unpaired) electrons. The van der Waals surface area contributed by atoms with Gasteiger partial charge in [-0.05, 0) is 18.9 Å². The lowest BCUT2D eigenvalue weighted by Gasteiger charge is -2.20. The first-order valence-corrected chi connectivity index (χ1v) is 9.77. The Balaban J connectivity index is 2.27. The summed E-state index contributed by atoms with van der Waals surface area (Å²) < 4.78 is 5.25. The van der Waals surface area contributed by atoms with Gasteiger partial charge in [-0.1, -0.05) is 19.6 Å². The molecule has 4 heteroatoms. The molecule has 1 rings (SSSR count). The van der Waals surface area contributed by atoms with Crippen molar-refractivity contribution in [3.8, 4) is 0 Å². The number of hydrogen-bond donors (Lipinski definition) is 0. The average molecular weight is 242 g/mol. The van der Waals surface area contributed by atoms with E-state index in [1.54, 1.807) is 0 Å². The van der Waals surface area contributed by atoms with Gasteiger partial charge in [-0.15, -0.1) is 0 Å². The summed E-state index contributed by atoms with van der Waals surface area (Å²) in [6, 6.07) is 0.999. The normalized spacial score (nSPS) is 21.9. The van der Waals surface area contributed by atoms with Gasteiger partial charge in [0.1, 0.15) is 5.78 Å². The van der Waals surface area contributed by atoms with E-state index in [1.165, 1.54) is 0 Å². The fourth-order valence-electron chi connectivity index (χ4n) is 1.80. The molecule has 3 nitrogen and oxygen atoms in total. The van der Waals surface area contributed by atoms with E-state index in [0.29, 0.717) is 19.4 Å². The molecular weight excluding hydrogens is 220 g/mol. The van der Waals surface area contributed by atoms with Gasteiger partial charge in [0.2, 0.25) is 0 Å². The molecule has 0 aliphatic heterocycles. The zero-order valence-corrected chi connectivity index (χ0v) is 11.5. The number of esters is 1. The zero-order valence-electron chi connectivity index (χ0n) is 10.5. The second-order valence-electron chi connectivity index (χ2n) is 5.81. The minimum absolute atomic E-state index is 0.161. The molecule has 0 aromatic heterocycles. The second kappa shape index (κ2) is 5.62. The molecule has 1 fully saturated rings. The van der Waals surface area contributed by atoms with E-state index < -0.39 is 8.07 Å². The summed E-state index contributed by atoms with van der Waals surface area (Å²) in [6.45, 7) is 7.29. The minimum Gasteiger partial charge on any atom is -0.466 e. The number of rotatable bonds is 4. The molecule has 0 spiro atoms. The molecule has 0 unspecified atom stereocenters. The Kier molecular flexibility index (Phi) is 4.71. The molecule has 0 bridgehead atoms. The number of Topliss-reactive ketones (excluding diaryl/α,β-unsaturated/α-hetero) is 1. The largest absolute Gasteiger partial charge is 0.466 e.